The van der Waals surface area contributed by atoms with E-state index in [-0.39, 0.29) is 0 Å². The van der Waals surface area contributed by atoms with Crippen LogP contribution in [0.4, 0.5) is 0 Å². The summed E-state index contributed by atoms with van der Waals surface area (Å²) in [5.74, 6) is 0.459. The lowest BCUT2D eigenvalue weighted by Gasteiger charge is -2.16. The first kappa shape index (κ1) is 5.60. The minimum Gasteiger partial charge on any atom is -0.0723 e. The molecule has 0 heterocycles. The molecule has 0 aliphatic heterocycles. The van der Waals surface area contributed by atoms with Gasteiger partial charge < -0.3 is 0 Å². The van der Waals surface area contributed by atoms with Crippen LogP contribution >= 0.6 is 0 Å². The molecule has 0 N–H and O–H groups in total. The highest BCUT2D eigenvalue weighted by atomic mass is 14.1. The van der Waals surface area contributed by atoms with Gasteiger partial charge in [0, 0.05) is 5.92 Å². The molecule has 0 heteroatoms. The molecular formula is C10H8. The van der Waals surface area contributed by atoms with E-state index >= 15 is 0 Å². The average Bonchev–Trinajstić information content (AvgIpc) is 1.86. The molecule has 0 nitrogen and oxygen atoms in total. The Bertz CT molecular complexity index is 233. The van der Waals surface area contributed by atoms with E-state index in [1.165, 1.54) is 5.56 Å². The van der Waals surface area contributed by atoms with Crippen molar-refractivity contribution in [3.8, 4) is 0 Å². The van der Waals surface area contributed by atoms with Crippen LogP contribution in [-0.2, 0) is 0 Å². The van der Waals surface area contributed by atoms with Crippen LogP contribution in [0.2, 0.25) is 0 Å². The van der Waals surface area contributed by atoms with Crippen molar-refractivity contribution in [3.63, 3.8) is 0 Å². The summed E-state index contributed by atoms with van der Waals surface area (Å²) in [6.45, 7) is 0. The maximum absolute atomic E-state index is 3.18. The molecular weight excluding hydrogens is 120 g/mol. The Morgan fingerprint density at radius 3 is 2.40 bits per heavy atom. The molecule has 1 aromatic carbocycles. The molecule has 1 aliphatic carbocycles. The summed E-state index contributed by atoms with van der Waals surface area (Å²) < 4.78 is 0. The second-order valence-electron chi connectivity index (χ2n) is 2.41. The van der Waals surface area contributed by atoms with Crippen LogP contribution in [0.25, 0.3) is 0 Å². The largest absolute Gasteiger partial charge is 0.0723 e. The van der Waals surface area contributed by atoms with E-state index in [1.54, 1.807) is 0 Å². The minimum absolute atomic E-state index is 0.459. The van der Waals surface area contributed by atoms with Crippen molar-refractivity contribution in [1.82, 2.24) is 0 Å². The number of hydrogen-bond donors (Lipinski definition) is 0. The maximum Gasteiger partial charge on any atom is 0.0275 e. The molecule has 0 saturated carbocycles. The third-order valence-corrected chi connectivity index (χ3v) is 1.72. The highest BCUT2D eigenvalue weighted by molar-refractivity contribution is 5.32. The van der Waals surface area contributed by atoms with E-state index in [0.717, 1.165) is 0 Å². The molecule has 0 radical (unpaired) electrons. The molecule has 1 aromatic rings. The van der Waals surface area contributed by atoms with Crippen molar-refractivity contribution in [1.29, 1.82) is 0 Å². The Morgan fingerprint density at radius 1 is 1.20 bits per heavy atom. The Kier molecular flexibility index (Phi) is 1.24. The first-order chi connectivity index (χ1) is 4.97. The normalized spacial score (nSPS) is 21.4. The van der Waals surface area contributed by atoms with E-state index in [9.17, 15) is 0 Å². The number of hydrogen-bond acceptors (Lipinski definition) is 0. The second-order valence-corrected chi connectivity index (χ2v) is 2.41. The average molecular weight is 128 g/mol. The minimum atomic E-state index is 0.459. The highest BCUT2D eigenvalue weighted by Gasteiger charge is 2.11. The molecule has 0 spiro atoms. The van der Waals surface area contributed by atoms with Gasteiger partial charge in [-0.05, 0) is 11.6 Å². The second kappa shape index (κ2) is 2.22. The van der Waals surface area contributed by atoms with Gasteiger partial charge in [0.15, 0.2) is 0 Å². The molecule has 1 unspecified atom stereocenters. The van der Waals surface area contributed by atoms with E-state index in [4.69, 9.17) is 0 Å². The van der Waals surface area contributed by atoms with Crippen LogP contribution < -0.4 is 0 Å². The fourth-order valence-electron chi connectivity index (χ4n) is 1.06. The highest BCUT2D eigenvalue weighted by Crippen LogP contribution is 2.26. The molecule has 2 rings (SSSR count). The van der Waals surface area contributed by atoms with Crippen LogP contribution in [0.3, 0.4) is 0 Å². The summed E-state index contributed by atoms with van der Waals surface area (Å²) >= 11 is 0. The monoisotopic (exact) mass is 128 g/mol. The Hall–Kier alpha value is -1.17. The quantitative estimate of drug-likeness (QED) is 0.509. The lowest BCUT2D eigenvalue weighted by atomic mass is 9.88. The summed E-state index contributed by atoms with van der Waals surface area (Å²) in [6, 6.07) is 10.4. The molecule has 0 fully saturated rings. The zero-order valence-corrected chi connectivity index (χ0v) is 5.62. The molecule has 1 aliphatic rings. The van der Waals surface area contributed by atoms with Gasteiger partial charge in [-0.2, -0.15) is 0 Å². The number of benzene rings is 1. The van der Waals surface area contributed by atoms with Crippen molar-refractivity contribution in [2.75, 3.05) is 0 Å². The van der Waals surface area contributed by atoms with E-state index in [2.05, 4.69) is 36.8 Å². The van der Waals surface area contributed by atoms with Gasteiger partial charge in [-0.1, -0.05) is 42.8 Å². The molecule has 0 bridgehead atoms. The fourth-order valence-corrected chi connectivity index (χ4v) is 1.06. The summed E-state index contributed by atoms with van der Waals surface area (Å²) in [4.78, 5) is 0. The van der Waals surface area contributed by atoms with Gasteiger partial charge in [0.05, 0.1) is 0 Å². The SMILES string of the molecule is [C-]1=C[CH+]C1c1ccccc1. The number of allylic oxidation sites excluding steroid dienone is 2. The Labute approximate surface area is 61.2 Å². The van der Waals surface area contributed by atoms with Crippen molar-refractivity contribution in [3.05, 3.63) is 54.5 Å². The van der Waals surface area contributed by atoms with Crippen LogP contribution in [0.5, 0.6) is 0 Å². The summed E-state index contributed by atoms with van der Waals surface area (Å²) in [5, 5.41) is 0. The molecule has 0 aromatic heterocycles. The van der Waals surface area contributed by atoms with Crippen LogP contribution in [-0.4, -0.2) is 0 Å². The first-order valence-electron chi connectivity index (χ1n) is 3.44. The summed E-state index contributed by atoms with van der Waals surface area (Å²) in [6.07, 6.45) is 7.30. The van der Waals surface area contributed by atoms with Gasteiger partial charge in [-0.3, -0.25) is 0 Å². The third-order valence-electron chi connectivity index (χ3n) is 1.72. The maximum atomic E-state index is 3.18. The van der Waals surface area contributed by atoms with E-state index < -0.39 is 0 Å². The Morgan fingerprint density at radius 2 is 1.90 bits per heavy atom. The number of rotatable bonds is 1. The summed E-state index contributed by atoms with van der Waals surface area (Å²) in [7, 11) is 0. The predicted octanol–water partition coefficient (Wildman–Crippen LogP) is 2.35. The van der Waals surface area contributed by atoms with Crippen molar-refractivity contribution in [2.45, 2.75) is 5.92 Å². The first-order valence-corrected chi connectivity index (χ1v) is 3.44. The standard InChI is InChI=1S/C10H8/c1-2-5-9(6-3-1)10-7-4-8-10/h1-7,10H. The molecule has 0 amide bonds. The van der Waals surface area contributed by atoms with E-state index in [0.29, 0.717) is 5.92 Å². The zero-order chi connectivity index (χ0) is 6.81. The van der Waals surface area contributed by atoms with Crippen LogP contribution in [0.15, 0.2) is 36.4 Å². The smallest absolute Gasteiger partial charge is 0.0275 e. The van der Waals surface area contributed by atoms with Crippen molar-refractivity contribution in [2.24, 2.45) is 0 Å². The van der Waals surface area contributed by atoms with Gasteiger partial charge >= 0.3 is 0 Å². The third kappa shape index (κ3) is 0.820. The Balaban J connectivity index is 2.26. The van der Waals surface area contributed by atoms with Gasteiger partial charge in [0.25, 0.3) is 0 Å². The van der Waals surface area contributed by atoms with Crippen molar-refractivity contribution < 1.29 is 0 Å². The molecule has 0 saturated heterocycles. The predicted molar refractivity (Wildman–Crippen MR) is 41.3 cm³/mol. The summed E-state index contributed by atoms with van der Waals surface area (Å²) in [5.41, 5.74) is 1.34. The van der Waals surface area contributed by atoms with Gasteiger partial charge in [-0.25, -0.2) is 0 Å². The van der Waals surface area contributed by atoms with Gasteiger partial charge in [0.2, 0.25) is 0 Å². The molecule has 48 valence electrons. The van der Waals surface area contributed by atoms with Crippen molar-refractivity contribution >= 4 is 0 Å². The van der Waals surface area contributed by atoms with Gasteiger partial charge in [-0.15, -0.1) is 0 Å². The van der Waals surface area contributed by atoms with Gasteiger partial charge in [0.1, 0.15) is 0 Å². The van der Waals surface area contributed by atoms with Crippen LogP contribution in [0, 0.1) is 12.5 Å². The van der Waals surface area contributed by atoms with E-state index in [1.807, 2.05) is 12.1 Å². The van der Waals surface area contributed by atoms with Crippen LogP contribution in [0.1, 0.15) is 11.5 Å². The lowest BCUT2D eigenvalue weighted by Crippen LogP contribution is -2.01. The molecule has 10 heavy (non-hydrogen) atoms. The zero-order valence-electron chi connectivity index (χ0n) is 5.62. The fraction of sp³-hybridized carbons (Fsp3) is 0.100. The molecule has 1 atom stereocenters. The topological polar surface area (TPSA) is 0 Å². The lowest BCUT2D eigenvalue weighted by molar-refractivity contribution is 0.926.